The summed E-state index contributed by atoms with van der Waals surface area (Å²) in [5.74, 6) is 0. The summed E-state index contributed by atoms with van der Waals surface area (Å²) in [5.41, 5.74) is 7.67. The van der Waals surface area contributed by atoms with Crippen molar-refractivity contribution in [2.75, 3.05) is 6.61 Å². The van der Waals surface area contributed by atoms with Gasteiger partial charge in [0.05, 0.1) is 23.8 Å². The first-order valence-corrected chi connectivity index (χ1v) is 7.90. The fourth-order valence-corrected chi connectivity index (χ4v) is 3.67. The quantitative estimate of drug-likeness (QED) is 0.429. The van der Waals surface area contributed by atoms with Gasteiger partial charge in [-0.3, -0.25) is 0 Å². The predicted octanol–water partition coefficient (Wildman–Crippen LogP) is 2.20. The molecule has 0 saturated carbocycles. The van der Waals surface area contributed by atoms with Crippen molar-refractivity contribution in [3.05, 3.63) is 38.7 Å². The van der Waals surface area contributed by atoms with Crippen LogP contribution in [0.4, 0.5) is 0 Å². The van der Waals surface area contributed by atoms with Crippen LogP contribution in [-0.2, 0) is 4.74 Å². The van der Waals surface area contributed by atoms with Gasteiger partial charge in [0.1, 0.15) is 17.6 Å². The van der Waals surface area contributed by atoms with Gasteiger partial charge in [0.2, 0.25) is 0 Å². The van der Waals surface area contributed by atoms with Gasteiger partial charge in [0.25, 0.3) is 0 Å². The molecule has 1 saturated heterocycles. The summed E-state index contributed by atoms with van der Waals surface area (Å²) < 4.78 is 5.46. The van der Waals surface area contributed by atoms with E-state index in [1.165, 1.54) is 0 Å². The predicted molar refractivity (Wildman–Crippen MR) is 83.0 cm³/mol. The number of benzene rings is 1. The highest BCUT2D eigenvalue weighted by Gasteiger charge is 2.44. The summed E-state index contributed by atoms with van der Waals surface area (Å²) in [6.45, 7) is -0.480. The lowest BCUT2D eigenvalue weighted by molar-refractivity contribution is -0.159. The molecule has 7 nitrogen and oxygen atoms in total. The smallest absolute Gasteiger partial charge is 0.134 e. The Labute approximate surface area is 140 Å². The lowest BCUT2D eigenvalue weighted by Crippen LogP contribution is -2.56. The topological polar surface area (TPSA) is 119 Å². The summed E-state index contributed by atoms with van der Waals surface area (Å²) in [5, 5.41) is 33.7. The van der Waals surface area contributed by atoms with E-state index in [9.17, 15) is 15.3 Å². The first kappa shape index (κ1) is 17.7. The molecule has 0 spiro atoms. The van der Waals surface area contributed by atoms with Crippen LogP contribution in [0.3, 0.4) is 0 Å². The fourth-order valence-electron chi connectivity index (χ4n) is 2.05. The van der Waals surface area contributed by atoms with Crippen LogP contribution in [0.15, 0.2) is 28.2 Å². The molecule has 1 heterocycles. The molecular weight excluding hydrogens is 353 g/mol. The van der Waals surface area contributed by atoms with E-state index in [1.807, 2.05) is 0 Å². The molecule has 1 aromatic rings. The Kier molecular flexibility index (Phi) is 6.19. The van der Waals surface area contributed by atoms with E-state index in [0.29, 0.717) is 14.9 Å². The Balaban J connectivity index is 2.25. The maximum Gasteiger partial charge on any atom is 0.134 e. The number of hydrogen-bond acceptors (Lipinski definition) is 6. The second-order valence-corrected chi connectivity index (χ2v) is 6.58. The van der Waals surface area contributed by atoms with Gasteiger partial charge in [-0.05, 0) is 23.7 Å². The molecule has 10 heteroatoms. The van der Waals surface area contributed by atoms with E-state index in [2.05, 4.69) is 10.0 Å². The Bertz CT molecular complexity index is 587. The number of ether oxygens (including phenoxy) is 1. The van der Waals surface area contributed by atoms with Crippen molar-refractivity contribution >= 4 is 35.0 Å². The van der Waals surface area contributed by atoms with Crippen molar-refractivity contribution in [1.29, 1.82) is 0 Å². The molecule has 0 aliphatic carbocycles. The van der Waals surface area contributed by atoms with Crippen LogP contribution in [0, 0.1) is 0 Å². The van der Waals surface area contributed by atoms with Gasteiger partial charge in [0, 0.05) is 14.8 Å². The number of halogens is 2. The van der Waals surface area contributed by atoms with Gasteiger partial charge in [0.15, 0.2) is 0 Å². The van der Waals surface area contributed by atoms with Gasteiger partial charge in [-0.25, -0.2) is 0 Å². The Hall–Kier alpha value is -0.700. The molecule has 1 aromatic carbocycles. The largest absolute Gasteiger partial charge is 0.394 e. The van der Waals surface area contributed by atoms with Crippen LogP contribution in [0.25, 0.3) is 10.4 Å². The van der Waals surface area contributed by atoms with Gasteiger partial charge in [-0.2, -0.15) is 0 Å². The minimum atomic E-state index is -1.30. The van der Waals surface area contributed by atoms with Gasteiger partial charge < -0.3 is 20.1 Å². The zero-order valence-electron chi connectivity index (χ0n) is 11.1. The molecule has 0 bridgehead atoms. The molecule has 120 valence electrons. The van der Waals surface area contributed by atoms with Crippen molar-refractivity contribution in [3.8, 4) is 0 Å². The van der Waals surface area contributed by atoms with Crippen LogP contribution in [0.5, 0.6) is 0 Å². The molecule has 1 aliphatic heterocycles. The molecule has 3 N–H and O–H groups in total. The average Bonchev–Trinajstić information content (AvgIpc) is 2.50. The Morgan fingerprint density at radius 2 is 2.05 bits per heavy atom. The molecule has 22 heavy (non-hydrogen) atoms. The van der Waals surface area contributed by atoms with Crippen LogP contribution >= 0.6 is 35.0 Å². The fraction of sp³-hybridized carbons (Fsp3) is 0.500. The van der Waals surface area contributed by atoms with Crippen molar-refractivity contribution in [2.24, 2.45) is 5.11 Å². The molecule has 0 radical (unpaired) electrons. The second-order valence-electron chi connectivity index (χ2n) is 4.59. The first-order valence-electron chi connectivity index (χ1n) is 6.26. The maximum absolute atomic E-state index is 10.2. The third-order valence-corrected chi connectivity index (χ3v) is 5.06. The van der Waals surface area contributed by atoms with Gasteiger partial charge in [-0.1, -0.05) is 40.1 Å². The molecule has 0 amide bonds. The summed E-state index contributed by atoms with van der Waals surface area (Å²) in [6, 6.07) is 3.69. The minimum absolute atomic E-state index is 0.414. The monoisotopic (exact) mass is 365 g/mol. The van der Waals surface area contributed by atoms with Gasteiger partial charge >= 0.3 is 0 Å². The molecule has 5 atom stereocenters. The normalized spacial score (nSPS) is 31.6. The molecule has 1 fully saturated rings. The van der Waals surface area contributed by atoms with Gasteiger partial charge in [-0.15, -0.1) is 0 Å². The van der Waals surface area contributed by atoms with E-state index in [-0.39, 0.29) is 0 Å². The molecule has 2 rings (SSSR count). The van der Waals surface area contributed by atoms with Crippen molar-refractivity contribution < 1.29 is 20.1 Å². The van der Waals surface area contributed by atoms with Crippen LogP contribution in [0.2, 0.25) is 10.0 Å². The van der Waals surface area contributed by atoms with E-state index in [4.69, 9.17) is 33.5 Å². The highest BCUT2D eigenvalue weighted by Crippen LogP contribution is 2.38. The molecule has 0 aromatic heterocycles. The standard InChI is InChI=1S/C12H13Cl2N3O4S/c13-5-1-2-6(14)8(3-5)22-12-11(20)9(16-17-15)10(19)7(4-18)21-12/h1-3,7,9-12,18-20H,4H2/t7-,9+,10+,11-,12-/m1/s1. The lowest BCUT2D eigenvalue weighted by atomic mass is 9.98. The molecular formula is C12H13Cl2N3O4S. The van der Waals surface area contributed by atoms with Crippen molar-refractivity contribution in [3.63, 3.8) is 0 Å². The Morgan fingerprint density at radius 1 is 1.32 bits per heavy atom. The van der Waals surface area contributed by atoms with Crippen LogP contribution in [-0.4, -0.2) is 51.7 Å². The van der Waals surface area contributed by atoms with Crippen LogP contribution in [0.1, 0.15) is 0 Å². The van der Waals surface area contributed by atoms with Crippen molar-refractivity contribution in [2.45, 2.75) is 34.7 Å². The minimum Gasteiger partial charge on any atom is -0.394 e. The SMILES string of the molecule is [N-]=[N+]=N[C@@H]1[C@@H](O)[C@@H](Sc2cc(Cl)ccc2Cl)O[C@H](CO)[C@@H]1O. The molecule has 1 aliphatic rings. The highest BCUT2D eigenvalue weighted by molar-refractivity contribution is 8.00. The lowest BCUT2D eigenvalue weighted by Gasteiger charge is -2.40. The number of hydrogen-bond donors (Lipinski definition) is 3. The first-order chi connectivity index (χ1) is 10.5. The average molecular weight is 366 g/mol. The highest BCUT2D eigenvalue weighted by atomic mass is 35.5. The second kappa shape index (κ2) is 7.72. The van der Waals surface area contributed by atoms with E-state index in [1.54, 1.807) is 18.2 Å². The number of nitrogens with zero attached hydrogens (tertiary/aromatic N) is 3. The summed E-state index contributed by atoms with van der Waals surface area (Å²) in [4.78, 5) is 3.17. The zero-order valence-corrected chi connectivity index (χ0v) is 13.4. The Morgan fingerprint density at radius 3 is 2.68 bits per heavy atom. The number of aliphatic hydroxyl groups is 3. The number of azide groups is 1. The zero-order chi connectivity index (χ0) is 16.3. The van der Waals surface area contributed by atoms with Crippen LogP contribution < -0.4 is 0 Å². The number of aliphatic hydroxyl groups excluding tert-OH is 3. The maximum atomic E-state index is 10.2. The van der Waals surface area contributed by atoms with Crippen molar-refractivity contribution in [1.82, 2.24) is 0 Å². The third kappa shape index (κ3) is 3.79. The van der Waals surface area contributed by atoms with E-state index in [0.717, 1.165) is 11.8 Å². The van der Waals surface area contributed by atoms with E-state index < -0.39 is 36.4 Å². The third-order valence-electron chi connectivity index (χ3n) is 3.17. The summed E-state index contributed by atoms with van der Waals surface area (Å²) in [6.07, 6.45) is -3.55. The van der Waals surface area contributed by atoms with E-state index >= 15 is 0 Å². The summed E-state index contributed by atoms with van der Waals surface area (Å²) in [7, 11) is 0. The number of rotatable bonds is 4. The molecule has 0 unspecified atom stereocenters. The summed E-state index contributed by atoms with van der Waals surface area (Å²) >= 11 is 13.0. The number of thioether (sulfide) groups is 1.